The first-order valence-corrected chi connectivity index (χ1v) is 6.12. The first kappa shape index (κ1) is 11.8. The molecule has 1 aromatic carbocycles. The van der Waals surface area contributed by atoms with Crippen LogP contribution in [-0.4, -0.2) is 5.97 Å². The summed E-state index contributed by atoms with van der Waals surface area (Å²) >= 11 is 1.63. The van der Waals surface area contributed by atoms with Crippen LogP contribution >= 0.6 is 11.3 Å². The molecule has 17 heavy (non-hydrogen) atoms. The van der Waals surface area contributed by atoms with E-state index in [1.807, 2.05) is 29.6 Å². The van der Waals surface area contributed by atoms with E-state index in [1.54, 1.807) is 23.5 Å². The number of hydrogen-bond acceptors (Lipinski definition) is 4. The summed E-state index contributed by atoms with van der Waals surface area (Å²) in [6.45, 7) is 1.38. The van der Waals surface area contributed by atoms with Crippen LogP contribution in [0.5, 0.6) is 5.75 Å². The number of carbonyl (C=O) groups is 1. The summed E-state index contributed by atoms with van der Waals surface area (Å²) in [5.41, 5.74) is 7.12. The maximum Gasteiger partial charge on any atom is 0.308 e. The number of carbonyl (C=O) groups excluding carboxylic acids is 1. The molecule has 1 atom stereocenters. The largest absolute Gasteiger partial charge is 0.427 e. The number of hydrogen-bond donors (Lipinski definition) is 1. The maximum atomic E-state index is 10.8. The number of esters is 1. The average molecular weight is 247 g/mol. The highest BCUT2D eigenvalue weighted by molar-refractivity contribution is 7.10. The van der Waals surface area contributed by atoms with Crippen molar-refractivity contribution in [3.05, 3.63) is 52.2 Å². The molecule has 2 aromatic rings. The molecule has 0 saturated heterocycles. The first-order chi connectivity index (χ1) is 8.16. The second-order valence-electron chi connectivity index (χ2n) is 3.66. The second-order valence-corrected chi connectivity index (χ2v) is 4.64. The van der Waals surface area contributed by atoms with Gasteiger partial charge in [0, 0.05) is 11.8 Å². The Morgan fingerprint density at radius 3 is 2.53 bits per heavy atom. The number of thiophene rings is 1. The lowest BCUT2D eigenvalue weighted by atomic mass is 10.1. The summed E-state index contributed by atoms with van der Waals surface area (Å²) < 4.78 is 4.96. The molecule has 1 aromatic heterocycles. The predicted octanol–water partition coefficient (Wildman–Crippen LogP) is 2.72. The molecular formula is C13H13NO2S. The Bertz CT molecular complexity index is 491. The van der Waals surface area contributed by atoms with Gasteiger partial charge in [-0.25, -0.2) is 0 Å². The third kappa shape index (κ3) is 2.93. The van der Waals surface area contributed by atoms with Crippen molar-refractivity contribution in [3.8, 4) is 5.75 Å². The van der Waals surface area contributed by atoms with Crippen molar-refractivity contribution in [2.24, 2.45) is 5.73 Å². The van der Waals surface area contributed by atoms with Gasteiger partial charge in [-0.15, -0.1) is 11.3 Å². The summed E-state index contributed by atoms with van der Waals surface area (Å²) in [7, 11) is 0. The van der Waals surface area contributed by atoms with Crippen molar-refractivity contribution >= 4 is 17.3 Å². The van der Waals surface area contributed by atoms with Gasteiger partial charge in [-0.3, -0.25) is 4.79 Å². The summed E-state index contributed by atoms with van der Waals surface area (Å²) in [5.74, 6) is 0.222. The van der Waals surface area contributed by atoms with Crippen LogP contribution in [0.25, 0.3) is 0 Å². The van der Waals surface area contributed by atoms with Crippen molar-refractivity contribution in [1.82, 2.24) is 0 Å². The summed E-state index contributed by atoms with van der Waals surface area (Å²) in [4.78, 5) is 11.9. The fourth-order valence-electron chi connectivity index (χ4n) is 1.54. The van der Waals surface area contributed by atoms with Gasteiger partial charge in [0.1, 0.15) is 5.75 Å². The smallest absolute Gasteiger partial charge is 0.308 e. The molecule has 4 heteroatoms. The van der Waals surface area contributed by atoms with E-state index in [0.29, 0.717) is 5.75 Å². The molecule has 3 nitrogen and oxygen atoms in total. The zero-order chi connectivity index (χ0) is 12.3. The monoisotopic (exact) mass is 247 g/mol. The van der Waals surface area contributed by atoms with E-state index in [1.165, 1.54) is 6.92 Å². The fourth-order valence-corrected chi connectivity index (χ4v) is 2.30. The van der Waals surface area contributed by atoms with Gasteiger partial charge in [0.2, 0.25) is 0 Å². The van der Waals surface area contributed by atoms with Gasteiger partial charge in [0.15, 0.2) is 0 Å². The van der Waals surface area contributed by atoms with E-state index in [9.17, 15) is 4.79 Å². The Morgan fingerprint density at radius 2 is 2.00 bits per heavy atom. The lowest BCUT2D eigenvalue weighted by molar-refractivity contribution is -0.131. The van der Waals surface area contributed by atoms with Crippen LogP contribution in [0.2, 0.25) is 0 Å². The molecule has 0 aliphatic carbocycles. The third-order valence-corrected chi connectivity index (χ3v) is 3.31. The Hall–Kier alpha value is -1.65. The highest BCUT2D eigenvalue weighted by atomic mass is 32.1. The Morgan fingerprint density at radius 1 is 1.29 bits per heavy atom. The van der Waals surface area contributed by atoms with E-state index in [2.05, 4.69) is 0 Å². The molecule has 0 radical (unpaired) electrons. The lowest BCUT2D eigenvalue weighted by Gasteiger charge is -2.10. The Labute approximate surface area is 104 Å². The lowest BCUT2D eigenvalue weighted by Crippen LogP contribution is -2.10. The van der Waals surface area contributed by atoms with Crippen LogP contribution in [0.4, 0.5) is 0 Å². The maximum absolute atomic E-state index is 10.8. The quantitative estimate of drug-likeness (QED) is 0.670. The van der Waals surface area contributed by atoms with Crippen molar-refractivity contribution in [1.29, 1.82) is 0 Å². The van der Waals surface area contributed by atoms with Gasteiger partial charge in [-0.1, -0.05) is 18.2 Å². The van der Waals surface area contributed by atoms with E-state index in [4.69, 9.17) is 10.5 Å². The number of benzene rings is 1. The van der Waals surface area contributed by atoms with Gasteiger partial charge < -0.3 is 10.5 Å². The van der Waals surface area contributed by atoms with E-state index >= 15 is 0 Å². The normalized spacial score (nSPS) is 12.1. The molecule has 0 fully saturated rings. The highest BCUT2D eigenvalue weighted by Gasteiger charge is 2.09. The fraction of sp³-hybridized carbons (Fsp3) is 0.154. The minimum atomic E-state index is -0.319. The molecule has 0 aliphatic heterocycles. The van der Waals surface area contributed by atoms with E-state index < -0.39 is 0 Å². The van der Waals surface area contributed by atoms with Crippen LogP contribution in [0, 0.1) is 0 Å². The molecule has 88 valence electrons. The van der Waals surface area contributed by atoms with Gasteiger partial charge in [0.05, 0.1) is 6.04 Å². The Kier molecular flexibility index (Phi) is 3.56. The van der Waals surface area contributed by atoms with E-state index in [-0.39, 0.29) is 12.0 Å². The van der Waals surface area contributed by atoms with Crippen LogP contribution < -0.4 is 10.5 Å². The van der Waals surface area contributed by atoms with E-state index in [0.717, 1.165) is 10.4 Å². The minimum Gasteiger partial charge on any atom is -0.427 e. The number of ether oxygens (including phenoxy) is 1. The summed E-state index contributed by atoms with van der Waals surface area (Å²) in [6.07, 6.45) is 0. The van der Waals surface area contributed by atoms with Gasteiger partial charge in [-0.05, 0) is 29.1 Å². The molecule has 1 heterocycles. The van der Waals surface area contributed by atoms with Crippen molar-refractivity contribution in [2.45, 2.75) is 13.0 Å². The van der Waals surface area contributed by atoms with Crippen LogP contribution in [0.3, 0.4) is 0 Å². The summed E-state index contributed by atoms with van der Waals surface area (Å²) in [5, 5.41) is 2.00. The molecule has 0 unspecified atom stereocenters. The highest BCUT2D eigenvalue weighted by Crippen LogP contribution is 2.25. The van der Waals surface area contributed by atoms with Gasteiger partial charge in [0.25, 0.3) is 0 Å². The SMILES string of the molecule is CC(=O)Oc1ccc([C@@H](N)c2cccs2)cc1. The second kappa shape index (κ2) is 5.12. The van der Waals surface area contributed by atoms with Crippen LogP contribution in [-0.2, 0) is 4.79 Å². The van der Waals surface area contributed by atoms with Crippen molar-refractivity contribution in [3.63, 3.8) is 0 Å². The van der Waals surface area contributed by atoms with Crippen LogP contribution in [0.15, 0.2) is 41.8 Å². The van der Waals surface area contributed by atoms with Gasteiger partial charge in [-0.2, -0.15) is 0 Å². The Balaban J connectivity index is 2.15. The zero-order valence-corrected chi connectivity index (χ0v) is 10.2. The molecular weight excluding hydrogens is 234 g/mol. The van der Waals surface area contributed by atoms with Crippen LogP contribution in [0.1, 0.15) is 23.4 Å². The molecule has 0 amide bonds. The molecule has 0 saturated carbocycles. The molecule has 0 spiro atoms. The molecule has 2 rings (SSSR count). The van der Waals surface area contributed by atoms with Crippen molar-refractivity contribution in [2.75, 3.05) is 0 Å². The third-order valence-electron chi connectivity index (χ3n) is 2.35. The topological polar surface area (TPSA) is 52.3 Å². The standard InChI is InChI=1S/C13H13NO2S/c1-9(15)16-11-6-4-10(5-7-11)13(14)12-3-2-8-17-12/h2-8,13H,14H2,1H3/t13-/m1/s1. The zero-order valence-electron chi connectivity index (χ0n) is 9.42. The average Bonchev–Trinajstić information content (AvgIpc) is 2.82. The van der Waals surface area contributed by atoms with Gasteiger partial charge >= 0.3 is 5.97 Å². The number of rotatable bonds is 3. The predicted molar refractivity (Wildman–Crippen MR) is 68.1 cm³/mol. The van der Waals surface area contributed by atoms with Crippen molar-refractivity contribution < 1.29 is 9.53 Å². The molecule has 2 N–H and O–H groups in total. The molecule has 0 aliphatic rings. The minimum absolute atomic E-state index is 0.124. The number of nitrogens with two attached hydrogens (primary N) is 1. The first-order valence-electron chi connectivity index (χ1n) is 5.24. The molecule has 0 bridgehead atoms. The summed E-state index contributed by atoms with van der Waals surface area (Å²) in [6, 6.07) is 11.1.